The number of methoxy groups -OCH3 is 1. The van der Waals surface area contributed by atoms with Gasteiger partial charge in [0, 0.05) is 20.3 Å². The molecule has 2 heterocycles. The minimum absolute atomic E-state index is 0.172. The first-order valence-corrected chi connectivity index (χ1v) is 10.8. The van der Waals surface area contributed by atoms with Gasteiger partial charge in [-0.25, -0.2) is 4.98 Å². The van der Waals surface area contributed by atoms with Gasteiger partial charge in [-0.3, -0.25) is 14.5 Å². The van der Waals surface area contributed by atoms with Crippen LogP contribution < -0.4 is 4.90 Å². The molecule has 7 heteroatoms. The highest BCUT2D eigenvalue weighted by molar-refractivity contribution is 6.08. The van der Waals surface area contributed by atoms with Crippen molar-refractivity contribution in [2.75, 3.05) is 31.8 Å². The van der Waals surface area contributed by atoms with Crippen LogP contribution in [0.2, 0.25) is 0 Å². The Kier molecular flexibility index (Phi) is 6.18. The summed E-state index contributed by atoms with van der Waals surface area (Å²) in [6.45, 7) is 3.01. The lowest BCUT2D eigenvalue weighted by atomic mass is 9.79. The fourth-order valence-electron chi connectivity index (χ4n) is 4.74. The van der Waals surface area contributed by atoms with E-state index in [0.29, 0.717) is 25.5 Å². The summed E-state index contributed by atoms with van der Waals surface area (Å²) < 4.78 is 12.7. The lowest BCUT2D eigenvalue weighted by Crippen LogP contribution is -2.52. The quantitative estimate of drug-likeness (QED) is 0.302. The summed E-state index contributed by atoms with van der Waals surface area (Å²) in [6.07, 6.45) is 7.71. The molecule has 1 amide bonds. The van der Waals surface area contributed by atoms with Crippen LogP contribution in [0, 0.1) is 11.8 Å². The third-order valence-electron chi connectivity index (χ3n) is 6.05. The largest absolute Gasteiger partial charge is 0.465 e. The van der Waals surface area contributed by atoms with Gasteiger partial charge in [0.05, 0.1) is 23.7 Å². The molecule has 1 aliphatic carbocycles. The number of rotatable bonds is 7. The van der Waals surface area contributed by atoms with Crippen molar-refractivity contribution < 1.29 is 19.1 Å². The van der Waals surface area contributed by atoms with Gasteiger partial charge in [-0.15, -0.1) is 0 Å². The fraction of sp³-hybridized carbons (Fsp3) is 0.522. The van der Waals surface area contributed by atoms with Crippen molar-refractivity contribution in [3.8, 4) is 0 Å². The molecule has 1 aromatic heterocycles. The van der Waals surface area contributed by atoms with Gasteiger partial charge in [-0.05, 0) is 50.7 Å². The Morgan fingerprint density at radius 3 is 2.83 bits per heavy atom. The molecule has 30 heavy (non-hydrogen) atoms. The molecule has 0 bridgehead atoms. The number of allylic oxidation sites excluding steroid dienone is 2. The Hall–Kier alpha value is -2.67. The fourth-order valence-corrected chi connectivity index (χ4v) is 4.74. The highest BCUT2D eigenvalue weighted by Crippen LogP contribution is 2.44. The molecule has 1 aromatic carbocycles. The van der Waals surface area contributed by atoms with Crippen LogP contribution in [0.5, 0.6) is 0 Å². The average Bonchev–Trinajstić information content (AvgIpc) is 3.14. The third-order valence-corrected chi connectivity index (χ3v) is 6.05. The number of benzene rings is 1. The number of imidazole rings is 1. The van der Waals surface area contributed by atoms with Crippen LogP contribution in [-0.2, 0) is 19.1 Å². The summed E-state index contributed by atoms with van der Waals surface area (Å²) in [5.41, 5.74) is 1.78. The van der Waals surface area contributed by atoms with Crippen LogP contribution in [0.15, 0.2) is 36.4 Å². The molecular weight excluding hydrogens is 382 g/mol. The van der Waals surface area contributed by atoms with Crippen LogP contribution >= 0.6 is 0 Å². The van der Waals surface area contributed by atoms with Gasteiger partial charge in [0.15, 0.2) is 5.92 Å². The highest BCUT2D eigenvalue weighted by Gasteiger charge is 2.49. The summed E-state index contributed by atoms with van der Waals surface area (Å²) in [6, 6.07) is 7.58. The molecule has 3 atom stereocenters. The first-order chi connectivity index (χ1) is 14.7. The van der Waals surface area contributed by atoms with Crippen molar-refractivity contribution in [3.63, 3.8) is 0 Å². The Labute approximate surface area is 176 Å². The summed E-state index contributed by atoms with van der Waals surface area (Å²) in [5.74, 6) is -0.730. The zero-order valence-electron chi connectivity index (χ0n) is 17.6. The van der Waals surface area contributed by atoms with Gasteiger partial charge in [-0.1, -0.05) is 24.3 Å². The first-order valence-electron chi connectivity index (χ1n) is 10.8. The zero-order chi connectivity index (χ0) is 21.1. The molecular formula is C23H29N3O4. The number of esters is 1. The maximum atomic E-state index is 13.6. The van der Waals surface area contributed by atoms with Gasteiger partial charge in [0.25, 0.3) is 0 Å². The number of anilines is 1. The standard InChI is InChI=1S/C23H29N3O4/c1-3-30-22(28)19-20(16-10-5-4-6-11-16)26-18-13-8-7-12-17(18)24-23(26)25(21(19)27)14-9-15-29-2/h4-5,7-8,12-13,16,19-20H,3,6,9-11,14-15H2,1-2H3. The summed E-state index contributed by atoms with van der Waals surface area (Å²) in [5, 5.41) is 0. The van der Waals surface area contributed by atoms with Crippen LogP contribution in [0.3, 0.4) is 0 Å². The van der Waals surface area contributed by atoms with Crippen LogP contribution in [0.25, 0.3) is 11.0 Å². The number of nitrogens with zero attached hydrogens (tertiary/aromatic N) is 3. The summed E-state index contributed by atoms with van der Waals surface area (Å²) in [7, 11) is 1.64. The number of fused-ring (bicyclic) bond motifs is 3. The van der Waals surface area contributed by atoms with Crippen molar-refractivity contribution in [3.05, 3.63) is 36.4 Å². The number of carbonyl (C=O) groups excluding carboxylic acids is 2. The molecule has 4 rings (SSSR count). The predicted molar refractivity (Wildman–Crippen MR) is 114 cm³/mol. The predicted octanol–water partition coefficient (Wildman–Crippen LogP) is 3.50. The van der Waals surface area contributed by atoms with E-state index in [9.17, 15) is 9.59 Å². The molecule has 2 aromatic rings. The van der Waals surface area contributed by atoms with Crippen molar-refractivity contribution in [1.29, 1.82) is 0 Å². The van der Waals surface area contributed by atoms with Crippen LogP contribution in [-0.4, -0.2) is 48.3 Å². The Balaban J connectivity index is 1.86. The van der Waals surface area contributed by atoms with Crippen LogP contribution in [0.1, 0.15) is 38.6 Å². The first kappa shape index (κ1) is 20.6. The molecule has 0 spiro atoms. The van der Waals surface area contributed by atoms with E-state index in [-0.39, 0.29) is 24.5 Å². The maximum absolute atomic E-state index is 13.6. The van der Waals surface area contributed by atoms with Gasteiger partial charge >= 0.3 is 5.97 Å². The van der Waals surface area contributed by atoms with E-state index < -0.39 is 11.9 Å². The van der Waals surface area contributed by atoms with Gasteiger partial charge in [-0.2, -0.15) is 0 Å². The molecule has 2 aliphatic rings. The van der Waals surface area contributed by atoms with Crippen molar-refractivity contribution >= 4 is 28.9 Å². The second-order valence-electron chi connectivity index (χ2n) is 7.87. The molecule has 0 saturated carbocycles. The smallest absolute Gasteiger partial charge is 0.320 e. The molecule has 3 unspecified atom stereocenters. The second kappa shape index (κ2) is 9.00. The number of hydrogen-bond donors (Lipinski definition) is 0. The van der Waals surface area contributed by atoms with E-state index in [2.05, 4.69) is 16.7 Å². The van der Waals surface area contributed by atoms with E-state index in [1.807, 2.05) is 24.3 Å². The van der Waals surface area contributed by atoms with E-state index >= 15 is 0 Å². The highest BCUT2D eigenvalue weighted by atomic mass is 16.5. The van der Waals surface area contributed by atoms with Gasteiger partial charge in [0.2, 0.25) is 11.9 Å². The van der Waals surface area contributed by atoms with Crippen LogP contribution in [0.4, 0.5) is 5.95 Å². The maximum Gasteiger partial charge on any atom is 0.320 e. The average molecular weight is 412 g/mol. The van der Waals surface area contributed by atoms with Crippen molar-refractivity contribution in [2.45, 2.75) is 38.6 Å². The number of carbonyl (C=O) groups is 2. The molecule has 7 nitrogen and oxygen atoms in total. The second-order valence-corrected chi connectivity index (χ2v) is 7.87. The number of para-hydroxylation sites is 2. The van der Waals surface area contributed by atoms with Crippen molar-refractivity contribution in [1.82, 2.24) is 9.55 Å². The Morgan fingerprint density at radius 1 is 1.27 bits per heavy atom. The van der Waals surface area contributed by atoms with Gasteiger partial charge in [0.1, 0.15) is 0 Å². The minimum atomic E-state index is -0.867. The molecule has 1 aliphatic heterocycles. The molecule has 0 saturated heterocycles. The normalized spacial score (nSPS) is 23.6. The van der Waals surface area contributed by atoms with E-state index in [4.69, 9.17) is 14.5 Å². The molecule has 0 radical (unpaired) electrons. The Bertz CT molecular complexity index is 951. The number of amides is 1. The summed E-state index contributed by atoms with van der Waals surface area (Å²) in [4.78, 5) is 33.2. The lowest BCUT2D eigenvalue weighted by Gasteiger charge is -2.41. The SMILES string of the molecule is CCOC(=O)C1C(=O)N(CCCOC)c2nc3ccccc3n2C1C1CC=CCC1. The zero-order valence-corrected chi connectivity index (χ0v) is 17.6. The lowest BCUT2D eigenvalue weighted by molar-refractivity contribution is -0.155. The van der Waals surface area contributed by atoms with E-state index in [1.54, 1.807) is 18.9 Å². The van der Waals surface area contributed by atoms with Gasteiger partial charge < -0.3 is 14.0 Å². The summed E-state index contributed by atoms with van der Waals surface area (Å²) >= 11 is 0. The monoisotopic (exact) mass is 411 g/mol. The van der Waals surface area contributed by atoms with E-state index in [0.717, 1.165) is 30.3 Å². The number of ether oxygens (including phenoxy) is 2. The topological polar surface area (TPSA) is 73.7 Å². The number of aromatic nitrogens is 2. The minimum Gasteiger partial charge on any atom is -0.465 e. The Morgan fingerprint density at radius 2 is 2.10 bits per heavy atom. The third kappa shape index (κ3) is 3.62. The van der Waals surface area contributed by atoms with Crippen molar-refractivity contribution in [2.24, 2.45) is 11.8 Å². The van der Waals surface area contributed by atoms with E-state index in [1.165, 1.54) is 0 Å². The molecule has 0 N–H and O–H groups in total. The molecule has 0 fully saturated rings. The molecule has 160 valence electrons. The number of hydrogen-bond acceptors (Lipinski definition) is 5.